The first kappa shape index (κ1) is 13.8. The summed E-state index contributed by atoms with van der Waals surface area (Å²) in [5.74, 6) is -2.21. The molecule has 2 aromatic rings. The third-order valence-electron chi connectivity index (χ3n) is 3.47. The molecule has 1 aliphatic rings. The van der Waals surface area contributed by atoms with Crippen LogP contribution in [0.5, 0.6) is 0 Å². The second kappa shape index (κ2) is 5.33. The molecule has 4 nitrogen and oxygen atoms in total. The van der Waals surface area contributed by atoms with Crippen LogP contribution in [0.1, 0.15) is 18.0 Å². The van der Waals surface area contributed by atoms with Crippen LogP contribution in [-0.4, -0.2) is 27.7 Å². The van der Waals surface area contributed by atoms with Crippen LogP contribution in [-0.2, 0) is 0 Å². The lowest BCUT2D eigenvalue weighted by atomic mass is 10.0. The van der Waals surface area contributed by atoms with Crippen molar-refractivity contribution in [2.75, 3.05) is 11.4 Å². The van der Waals surface area contributed by atoms with Crippen molar-refractivity contribution >= 4 is 5.95 Å². The van der Waals surface area contributed by atoms with Gasteiger partial charge < -0.3 is 10.0 Å². The number of benzene rings is 1. The fraction of sp³-hybridized carbons (Fsp3) is 0.286. The molecule has 0 aliphatic carbocycles. The molecule has 1 aliphatic heterocycles. The maximum Gasteiger partial charge on any atom is 0.226 e. The van der Waals surface area contributed by atoms with Gasteiger partial charge in [-0.25, -0.2) is 23.1 Å². The number of hydrogen-bond acceptors (Lipinski definition) is 4. The van der Waals surface area contributed by atoms with Crippen molar-refractivity contribution in [3.05, 3.63) is 53.6 Å². The Balaban J connectivity index is 1.95. The number of nitrogens with zero attached hydrogens (tertiary/aromatic N) is 3. The first-order valence-electron chi connectivity index (χ1n) is 6.42. The van der Waals surface area contributed by atoms with Crippen LogP contribution in [0.15, 0.2) is 30.6 Å². The monoisotopic (exact) mass is 295 g/mol. The summed E-state index contributed by atoms with van der Waals surface area (Å²) < 4.78 is 39.3. The summed E-state index contributed by atoms with van der Waals surface area (Å²) in [4.78, 5) is 9.39. The number of halogens is 3. The maximum absolute atomic E-state index is 13.4. The zero-order valence-electron chi connectivity index (χ0n) is 10.9. The molecule has 110 valence electrons. The van der Waals surface area contributed by atoms with E-state index < -0.39 is 23.6 Å². The molecule has 1 N–H and O–H groups in total. The molecule has 0 saturated carbocycles. The molecule has 7 heteroatoms. The van der Waals surface area contributed by atoms with E-state index in [4.69, 9.17) is 0 Å². The third kappa shape index (κ3) is 2.69. The van der Waals surface area contributed by atoms with E-state index in [2.05, 4.69) is 9.97 Å². The lowest BCUT2D eigenvalue weighted by Crippen LogP contribution is -2.26. The minimum absolute atomic E-state index is 0.239. The quantitative estimate of drug-likeness (QED) is 0.923. The number of rotatable bonds is 2. The Bertz CT molecular complexity index is 650. The Morgan fingerprint density at radius 1 is 1.10 bits per heavy atom. The van der Waals surface area contributed by atoms with Gasteiger partial charge >= 0.3 is 0 Å². The zero-order chi connectivity index (χ0) is 15.0. The first-order chi connectivity index (χ1) is 10.0. The summed E-state index contributed by atoms with van der Waals surface area (Å²) in [6.45, 7) is 0.245. The number of aromatic nitrogens is 2. The molecule has 0 spiro atoms. The minimum Gasteiger partial charge on any atom is -0.391 e. The Hall–Kier alpha value is -2.15. The van der Waals surface area contributed by atoms with E-state index in [1.807, 2.05) is 0 Å². The lowest BCUT2D eigenvalue weighted by molar-refractivity contribution is 0.194. The molecule has 21 heavy (non-hydrogen) atoms. The van der Waals surface area contributed by atoms with Crippen LogP contribution in [0.4, 0.5) is 19.1 Å². The van der Waals surface area contributed by atoms with Crippen molar-refractivity contribution in [3.63, 3.8) is 0 Å². The fourth-order valence-electron chi connectivity index (χ4n) is 2.52. The molecule has 1 fully saturated rings. The zero-order valence-corrected chi connectivity index (χ0v) is 10.9. The predicted octanol–water partition coefficient (Wildman–Crippen LogP) is 2.21. The molecule has 2 atom stereocenters. The Kier molecular flexibility index (Phi) is 3.50. The van der Waals surface area contributed by atoms with E-state index in [0.717, 1.165) is 24.5 Å². The van der Waals surface area contributed by atoms with E-state index in [-0.39, 0.29) is 18.5 Å². The molecule has 0 unspecified atom stereocenters. The fourth-order valence-corrected chi connectivity index (χ4v) is 2.52. The van der Waals surface area contributed by atoms with Gasteiger partial charge in [-0.1, -0.05) is 6.07 Å². The Labute approximate surface area is 118 Å². The maximum atomic E-state index is 13.4. The molecule has 0 bridgehead atoms. The highest BCUT2D eigenvalue weighted by atomic mass is 19.2. The summed E-state index contributed by atoms with van der Waals surface area (Å²) in [6.07, 6.45) is 1.74. The van der Waals surface area contributed by atoms with Crippen molar-refractivity contribution in [2.45, 2.75) is 18.6 Å². The van der Waals surface area contributed by atoms with Crippen LogP contribution in [0.2, 0.25) is 0 Å². The molecule has 0 amide bonds. The number of anilines is 1. The SMILES string of the molecule is O[C@H]1C[C@H](c2ccc(F)c(F)c2)N(c2ncc(F)cn2)C1. The average Bonchev–Trinajstić information content (AvgIpc) is 2.85. The highest BCUT2D eigenvalue weighted by Gasteiger charge is 2.34. The van der Waals surface area contributed by atoms with Gasteiger partial charge in [-0.15, -0.1) is 0 Å². The van der Waals surface area contributed by atoms with Gasteiger partial charge in [0, 0.05) is 6.54 Å². The van der Waals surface area contributed by atoms with Gasteiger partial charge in [0.2, 0.25) is 5.95 Å². The predicted molar refractivity (Wildman–Crippen MR) is 69.1 cm³/mol. The molecule has 3 rings (SSSR count). The van der Waals surface area contributed by atoms with Gasteiger partial charge in [-0.05, 0) is 24.1 Å². The number of aliphatic hydroxyl groups is 1. The largest absolute Gasteiger partial charge is 0.391 e. The molecular formula is C14H12F3N3O. The van der Waals surface area contributed by atoms with Crippen molar-refractivity contribution in [1.82, 2.24) is 9.97 Å². The van der Waals surface area contributed by atoms with Crippen LogP contribution in [0.3, 0.4) is 0 Å². The third-order valence-corrected chi connectivity index (χ3v) is 3.47. The van der Waals surface area contributed by atoms with E-state index in [1.165, 1.54) is 6.07 Å². The summed E-state index contributed by atoms with van der Waals surface area (Å²) in [6, 6.07) is 3.20. The van der Waals surface area contributed by atoms with Crippen LogP contribution in [0, 0.1) is 17.5 Å². The van der Waals surface area contributed by atoms with Gasteiger partial charge in [-0.3, -0.25) is 0 Å². The van der Waals surface area contributed by atoms with Gasteiger partial charge in [0.05, 0.1) is 24.5 Å². The number of β-amino-alcohol motifs (C(OH)–C–C–N with tert-alkyl or cyclic N) is 1. The van der Waals surface area contributed by atoms with Crippen LogP contribution >= 0.6 is 0 Å². The van der Waals surface area contributed by atoms with Gasteiger partial charge in [0.25, 0.3) is 0 Å². The molecular weight excluding hydrogens is 283 g/mol. The van der Waals surface area contributed by atoms with E-state index in [0.29, 0.717) is 12.0 Å². The second-order valence-corrected chi connectivity index (χ2v) is 4.93. The molecule has 1 aromatic carbocycles. The Morgan fingerprint density at radius 3 is 2.48 bits per heavy atom. The molecule has 1 aromatic heterocycles. The van der Waals surface area contributed by atoms with Gasteiger partial charge in [0.1, 0.15) is 0 Å². The smallest absolute Gasteiger partial charge is 0.226 e. The van der Waals surface area contributed by atoms with Crippen LogP contribution < -0.4 is 4.90 Å². The van der Waals surface area contributed by atoms with E-state index in [9.17, 15) is 18.3 Å². The van der Waals surface area contributed by atoms with Gasteiger partial charge in [-0.2, -0.15) is 0 Å². The Morgan fingerprint density at radius 2 is 1.81 bits per heavy atom. The highest BCUT2D eigenvalue weighted by Crippen LogP contribution is 2.34. The molecule has 0 radical (unpaired) electrons. The second-order valence-electron chi connectivity index (χ2n) is 4.93. The summed E-state index contributed by atoms with van der Waals surface area (Å²) >= 11 is 0. The normalized spacial score (nSPS) is 21.8. The lowest BCUT2D eigenvalue weighted by Gasteiger charge is -2.24. The highest BCUT2D eigenvalue weighted by molar-refractivity contribution is 5.39. The van der Waals surface area contributed by atoms with Crippen LogP contribution in [0.25, 0.3) is 0 Å². The molecule has 2 heterocycles. The first-order valence-corrected chi connectivity index (χ1v) is 6.42. The van der Waals surface area contributed by atoms with Crippen molar-refractivity contribution in [1.29, 1.82) is 0 Å². The minimum atomic E-state index is -0.950. The standard InChI is InChI=1S/C14H12F3N3O/c15-9-5-18-14(19-6-9)20-7-10(21)4-13(20)8-1-2-11(16)12(17)3-8/h1-3,5-6,10,13,21H,4,7H2/t10-,13+/m0/s1. The summed E-state index contributed by atoms with van der Waals surface area (Å²) in [7, 11) is 0. The number of hydrogen-bond donors (Lipinski definition) is 1. The average molecular weight is 295 g/mol. The summed E-state index contributed by atoms with van der Waals surface area (Å²) in [5, 5.41) is 9.83. The number of aliphatic hydroxyl groups excluding tert-OH is 1. The van der Waals surface area contributed by atoms with E-state index >= 15 is 0 Å². The van der Waals surface area contributed by atoms with Crippen molar-refractivity contribution in [2.24, 2.45) is 0 Å². The van der Waals surface area contributed by atoms with E-state index in [1.54, 1.807) is 4.90 Å². The van der Waals surface area contributed by atoms with Crippen molar-refractivity contribution < 1.29 is 18.3 Å². The summed E-state index contributed by atoms with van der Waals surface area (Å²) in [5.41, 5.74) is 0.512. The van der Waals surface area contributed by atoms with Gasteiger partial charge in [0.15, 0.2) is 17.5 Å². The van der Waals surface area contributed by atoms with Crippen molar-refractivity contribution in [3.8, 4) is 0 Å². The topological polar surface area (TPSA) is 49.2 Å². The molecule has 1 saturated heterocycles.